The molecule has 1 aliphatic rings. The number of nitrogens with zero attached hydrogens (tertiary/aromatic N) is 2. The van der Waals surface area contributed by atoms with E-state index in [-0.39, 0.29) is 23.7 Å². The molecule has 0 bridgehead atoms. The minimum Gasteiger partial charge on any atom is -0.297 e. The minimum absolute atomic E-state index is 0.0500. The lowest BCUT2D eigenvalue weighted by Gasteiger charge is -2.31. The number of ketones is 1. The predicted octanol–water partition coefficient (Wildman–Crippen LogP) is 2.80. The van der Waals surface area contributed by atoms with Gasteiger partial charge < -0.3 is 0 Å². The topological polar surface area (TPSA) is 40.6 Å². The zero-order valence-corrected chi connectivity index (χ0v) is 12.9. The van der Waals surface area contributed by atoms with Crippen molar-refractivity contribution in [2.75, 3.05) is 6.54 Å². The first-order chi connectivity index (χ1) is 9.97. The Bertz CT molecular complexity index is 566. The lowest BCUT2D eigenvalue weighted by molar-refractivity contribution is -0.127. The molecule has 1 aromatic rings. The third-order valence-electron chi connectivity index (χ3n) is 3.91. The van der Waals surface area contributed by atoms with E-state index in [1.165, 1.54) is 0 Å². The van der Waals surface area contributed by atoms with Gasteiger partial charge in [-0.15, -0.1) is 0 Å². The Balaban J connectivity index is 2.25. The quantitative estimate of drug-likeness (QED) is 0.854. The molecule has 0 saturated carbocycles. The summed E-state index contributed by atoms with van der Waals surface area (Å²) in [5.41, 5.74) is 1.60. The molecular formula is C17H22N2O2. The molecule has 0 N–H and O–H groups in total. The number of rotatable bonds is 4. The summed E-state index contributed by atoms with van der Waals surface area (Å²) >= 11 is 0. The summed E-state index contributed by atoms with van der Waals surface area (Å²) in [5.74, 6) is 0.0213. The molecule has 0 radical (unpaired) electrons. The fourth-order valence-corrected chi connectivity index (χ4v) is 2.70. The summed E-state index contributed by atoms with van der Waals surface area (Å²) < 4.78 is 0. The van der Waals surface area contributed by atoms with Gasteiger partial charge in [-0.2, -0.15) is 0 Å². The van der Waals surface area contributed by atoms with Crippen LogP contribution in [0, 0.1) is 12.8 Å². The van der Waals surface area contributed by atoms with Gasteiger partial charge in [0.1, 0.15) is 6.04 Å². The molecule has 1 fully saturated rings. The van der Waals surface area contributed by atoms with Gasteiger partial charge in [-0.1, -0.05) is 38.6 Å². The first kappa shape index (κ1) is 15.3. The van der Waals surface area contributed by atoms with Crippen LogP contribution in [-0.2, 0) is 4.79 Å². The Labute approximate surface area is 126 Å². The maximum atomic E-state index is 12.7. The number of hydrogen-bond acceptors (Lipinski definition) is 3. The van der Waals surface area contributed by atoms with E-state index in [0.717, 1.165) is 5.56 Å². The summed E-state index contributed by atoms with van der Waals surface area (Å²) in [4.78, 5) is 25.0. The number of benzene rings is 1. The Hall–Kier alpha value is -2.10. The van der Waals surface area contributed by atoms with Crippen LogP contribution in [0.25, 0.3) is 0 Å². The molecule has 21 heavy (non-hydrogen) atoms. The Kier molecular flexibility index (Phi) is 4.46. The van der Waals surface area contributed by atoms with Gasteiger partial charge in [-0.05, 0) is 25.0 Å². The van der Waals surface area contributed by atoms with E-state index in [4.69, 9.17) is 0 Å². The average Bonchev–Trinajstić information content (AvgIpc) is 2.89. The van der Waals surface area contributed by atoms with E-state index in [2.05, 4.69) is 6.58 Å². The molecule has 1 amide bonds. The van der Waals surface area contributed by atoms with Crippen LogP contribution in [0.15, 0.2) is 37.0 Å². The third kappa shape index (κ3) is 2.84. The van der Waals surface area contributed by atoms with Crippen LogP contribution < -0.4 is 0 Å². The highest BCUT2D eigenvalue weighted by molar-refractivity contribution is 5.96. The molecule has 0 spiro atoms. The third-order valence-corrected chi connectivity index (χ3v) is 3.91. The first-order valence-corrected chi connectivity index (χ1v) is 7.29. The smallest absolute Gasteiger partial charge is 0.272 e. The van der Waals surface area contributed by atoms with Crippen LogP contribution in [0.5, 0.6) is 0 Å². The van der Waals surface area contributed by atoms with Gasteiger partial charge in [0, 0.05) is 24.2 Å². The molecule has 1 aromatic carbocycles. The number of amides is 1. The van der Waals surface area contributed by atoms with Crippen LogP contribution in [0.1, 0.15) is 36.2 Å². The molecule has 4 nitrogen and oxygen atoms in total. The van der Waals surface area contributed by atoms with Crippen molar-refractivity contribution in [2.45, 2.75) is 33.2 Å². The van der Waals surface area contributed by atoms with Crippen molar-refractivity contribution >= 4 is 11.7 Å². The molecule has 2 rings (SSSR count). The van der Waals surface area contributed by atoms with Crippen LogP contribution >= 0.6 is 0 Å². The second-order valence-corrected chi connectivity index (χ2v) is 5.67. The lowest BCUT2D eigenvalue weighted by atomic mass is 10.0. The van der Waals surface area contributed by atoms with Crippen LogP contribution in [0.3, 0.4) is 0 Å². The second kappa shape index (κ2) is 6.12. The van der Waals surface area contributed by atoms with Crippen molar-refractivity contribution in [3.63, 3.8) is 0 Å². The number of aryl methyl sites for hydroxylation is 1. The van der Waals surface area contributed by atoms with Crippen LogP contribution in [0.2, 0.25) is 0 Å². The molecule has 1 saturated heterocycles. The van der Waals surface area contributed by atoms with E-state index < -0.39 is 0 Å². The second-order valence-electron chi connectivity index (χ2n) is 5.67. The van der Waals surface area contributed by atoms with E-state index in [9.17, 15) is 9.59 Å². The largest absolute Gasteiger partial charge is 0.297 e. The number of hydrogen-bond donors (Lipinski definition) is 0. The lowest BCUT2D eigenvalue weighted by Crippen LogP contribution is -2.44. The highest BCUT2D eigenvalue weighted by atomic mass is 16.2. The van der Waals surface area contributed by atoms with E-state index in [1.807, 2.05) is 45.0 Å². The molecular weight excluding hydrogens is 264 g/mol. The summed E-state index contributed by atoms with van der Waals surface area (Å²) in [6, 6.07) is 7.21. The molecule has 0 aliphatic carbocycles. The van der Waals surface area contributed by atoms with Gasteiger partial charge in [-0.3, -0.25) is 14.6 Å². The van der Waals surface area contributed by atoms with Crippen molar-refractivity contribution in [1.29, 1.82) is 0 Å². The predicted molar refractivity (Wildman–Crippen MR) is 82.5 cm³/mol. The highest BCUT2D eigenvalue weighted by Crippen LogP contribution is 2.24. The van der Waals surface area contributed by atoms with Gasteiger partial charge >= 0.3 is 0 Å². The summed E-state index contributed by atoms with van der Waals surface area (Å²) in [6.07, 6.45) is 2.23. The number of Topliss-reactive ketones (excluding diaryl/α,β-unsaturated/α-hetero) is 1. The van der Waals surface area contributed by atoms with Gasteiger partial charge in [0.05, 0.1) is 0 Å². The Morgan fingerprint density at radius 1 is 1.33 bits per heavy atom. The molecule has 4 heteroatoms. The van der Waals surface area contributed by atoms with Gasteiger partial charge in [0.25, 0.3) is 5.91 Å². The Morgan fingerprint density at radius 3 is 2.57 bits per heavy atom. The standard InChI is InChI=1S/C17H22N2O2/c1-5-18-15(16(20)12(2)3)10-11-19(18)17(21)14-9-7-6-8-13(14)4/h5-9,12,15H,1,10-11H2,2-4H3. The molecule has 0 aromatic heterocycles. The average molecular weight is 286 g/mol. The zero-order valence-electron chi connectivity index (χ0n) is 12.9. The summed E-state index contributed by atoms with van der Waals surface area (Å²) in [5, 5.41) is 3.32. The van der Waals surface area contributed by atoms with E-state index >= 15 is 0 Å². The fourth-order valence-electron chi connectivity index (χ4n) is 2.70. The van der Waals surface area contributed by atoms with Crippen molar-refractivity contribution in [1.82, 2.24) is 10.0 Å². The minimum atomic E-state index is -0.282. The van der Waals surface area contributed by atoms with E-state index in [0.29, 0.717) is 18.5 Å². The maximum Gasteiger partial charge on any atom is 0.272 e. The zero-order chi connectivity index (χ0) is 15.6. The summed E-state index contributed by atoms with van der Waals surface area (Å²) in [6.45, 7) is 9.99. The van der Waals surface area contributed by atoms with Crippen LogP contribution in [-0.4, -0.2) is 34.3 Å². The van der Waals surface area contributed by atoms with Crippen molar-refractivity contribution in [3.8, 4) is 0 Å². The summed E-state index contributed by atoms with van der Waals surface area (Å²) in [7, 11) is 0. The molecule has 112 valence electrons. The SMILES string of the molecule is C=CN1C(C(=O)C(C)C)CCN1C(=O)c1ccccc1C. The molecule has 1 heterocycles. The fraction of sp³-hybridized carbons (Fsp3) is 0.412. The van der Waals surface area contributed by atoms with Crippen molar-refractivity contribution in [2.24, 2.45) is 5.92 Å². The van der Waals surface area contributed by atoms with Crippen LogP contribution in [0.4, 0.5) is 0 Å². The van der Waals surface area contributed by atoms with E-state index in [1.54, 1.807) is 16.2 Å². The maximum absolute atomic E-state index is 12.7. The number of carbonyl (C=O) groups excluding carboxylic acids is 2. The number of hydrazine groups is 1. The van der Waals surface area contributed by atoms with Gasteiger partial charge in [0.2, 0.25) is 0 Å². The normalized spacial score (nSPS) is 18.2. The molecule has 1 atom stereocenters. The van der Waals surface area contributed by atoms with Crippen molar-refractivity contribution in [3.05, 3.63) is 48.2 Å². The van der Waals surface area contributed by atoms with Gasteiger partial charge in [-0.25, -0.2) is 5.01 Å². The highest BCUT2D eigenvalue weighted by Gasteiger charge is 2.38. The van der Waals surface area contributed by atoms with Crippen molar-refractivity contribution < 1.29 is 9.59 Å². The monoisotopic (exact) mass is 286 g/mol. The van der Waals surface area contributed by atoms with Gasteiger partial charge in [0.15, 0.2) is 5.78 Å². The molecule has 1 unspecified atom stereocenters. The first-order valence-electron chi connectivity index (χ1n) is 7.29. The Morgan fingerprint density at radius 2 is 2.00 bits per heavy atom. The number of carbonyl (C=O) groups is 2. The molecule has 1 aliphatic heterocycles.